The first-order valence-electron chi connectivity index (χ1n) is 4.24. The van der Waals surface area contributed by atoms with Gasteiger partial charge in [0.1, 0.15) is 6.61 Å². The standard InChI is InChI=1S/C9H12O3/c1-2-3-11-9(10)6-4-7-8(5-6)12-7/h2,6-8H,1,3-5H2. The Labute approximate surface area is 71.3 Å². The van der Waals surface area contributed by atoms with Gasteiger partial charge in [0, 0.05) is 0 Å². The Morgan fingerprint density at radius 2 is 2.25 bits per heavy atom. The van der Waals surface area contributed by atoms with Crippen LogP contribution in [-0.2, 0) is 14.3 Å². The second kappa shape index (κ2) is 2.90. The maximum Gasteiger partial charge on any atom is 0.309 e. The molecule has 1 aliphatic heterocycles. The van der Waals surface area contributed by atoms with Gasteiger partial charge >= 0.3 is 5.97 Å². The minimum absolute atomic E-state index is 0.0775. The number of epoxide rings is 1. The van der Waals surface area contributed by atoms with Crippen LogP contribution in [-0.4, -0.2) is 24.8 Å². The molecular weight excluding hydrogens is 156 g/mol. The zero-order chi connectivity index (χ0) is 8.55. The molecular formula is C9H12O3. The van der Waals surface area contributed by atoms with E-state index < -0.39 is 0 Å². The Balaban J connectivity index is 1.77. The van der Waals surface area contributed by atoms with Crippen LogP contribution >= 0.6 is 0 Å². The lowest BCUT2D eigenvalue weighted by Crippen LogP contribution is -2.17. The zero-order valence-corrected chi connectivity index (χ0v) is 6.86. The van der Waals surface area contributed by atoms with Gasteiger partial charge in [-0.25, -0.2) is 0 Å². The van der Waals surface area contributed by atoms with E-state index in [0.29, 0.717) is 18.8 Å². The SMILES string of the molecule is C=CCOC(=O)C1CC2OC2C1. The highest BCUT2D eigenvalue weighted by Gasteiger charge is 2.50. The van der Waals surface area contributed by atoms with Crippen molar-refractivity contribution in [3.63, 3.8) is 0 Å². The molecule has 2 aliphatic rings. The summed E-state index contributed by atoms with van der Waals surface area (Å²) in [4.78, 5) is 11.2. The van der Waals surface area contributed by atoms with Crippen molar-refractivity contribution < 1.29 is 14.3 Å². The summed E-state index contributed by atoms with van der Waals surface area (Å²) in [7, 11) is 0. The lowest BCUT2D eigenvalue weighted by molar-refractivity contribution is -0.147. The van der Waals surface area contributed by atoms with E-state index >= 15 is 0 Å². The van der Waals surface area contributed by atoms with Crippen molar-refractivity contribution in [2.45, 2.75) is 25.0 Å². The topological polar surface area (TPSA) is 38.8 Å². The first kappa shape index (κ1) is 7.80. The van der Waals surface area contributed by atoms with E-state index in [4.69, 9.17) is 9.47 Å². The van der Waals surface area contributed by atoms with Crippen LogP contribution < -0.4 is 0 Å². The van der Waals surface area contributed by atoms with Gasteiger partial charge in [-0.15, -0.1) is 0 Å². The van der Waals surface area contributed by atoms with E-state index in [1.807, 2.05) is 0 Å². The third kappa shape index (κ3) is 1.37. The molecule has 1 saturated carbocycles. The molecule has 66 valence electrons. The molecule has 1 heterocycles. The lowest BCUT2D eigenvalue weighted by atomic mass is 10.1. The second-order valence-electron chi connectivity index (χ2n) is 3.30. The molecule has 1 aliphatic carbocycles. The highest BCUT2D eigenvalue weighted by atomic mass is 16.6. The summed E-state index contributed by atoms with van der Waals surface area (Å²) in [5.41, 5.74) is 0. The number of carbonyl (C=O) groups is 1. The second-order valence-corrected chi connectivity index (χ2v) is 3.30. The van der Waals surface area contributed by atoms with Crippen molar-refractivity contribution in [3.8, 4) is 0 Å². The van der Waals surface area contributed by atoms with Crippen molar-refractivity contribution in [3.05, 3.63) is 12.7 Å². The molecule has 0 spiro atoms. The van der Waals surface area contributed by atoms with Crippen LogP contribution in [0.4, 0.5) is 0 Å². The lowest BCUT2D eigenvalue weighted by Gasteiger charge is -2.09. The number of esters is 1. The molecule has 3 nitrogen and oxygen atoms in total. The molecule has 1 saturated heterocycles. The Bertz CT molecular complexity index is 202. The minimum atomic E-state index is -0.0919. The van der Waals surface area contributed by atoms with Gasteiger partial charge < -0.3 is 9.47 Å². The fourth-order valence-electron chi connectivity index (χ4n) is 1.70. The smallest absolute Gasteiger partial charge is 0.309 e. The van der Waals surface area contributed by atoms with Crippen LogP contribution in [0.5, 0.6) is 0 Å². The summed E-state index contributed by atoms with van der Waals surface area (Å²) in [6, 6.07) is 0. The minimum Gasteiger partial charge on any atom is -0.461 e. The van der Waals surface area contributed by atoms with Crippen LogP contribution in [0, 0.1) is 5.92 Å². The Kier molecular flexibility index (Phi) is 1.89. The van der Waals surface area contributed by atoms with Crippen LogP contribution in [0.15, 0.2) is 12.7 Å². The molecule has 2 atom stereocenters. The van der Waals surface area contributed by atoms with Crippen LogP contribution in [0.2, 0.25) is 0 Å². The van der Waals surface area contributed by atoms with Crippen molar-refractivity contribution in [2.24, 2.45) is 5.92 Å². The first-order valence-corrected chi connectivity index (χ1v) is 4.24. The number of carbonyl (C=O) groups excluding carboxylic acids is 1. The molecule has 0 aromatic rings. The molecule has 12 heavy (non-hydrogen) atoms. The summed E-state index contributed by atoms with van der Waals surface area (Å²) in [5.74, 6) is -0.0144. The molecule has 0 bridgehead atoms. The number of ether oxygens (including phenoxy) is 2. The maximum absolute atomic E-state index is 11.2. The average Bonchev–Trinajstić information content (AvgIpc) is 2.69. The van der Waals surface area contributed by atoms with Crippen LogP contribution in [0.3, 0.4) is 0 Å². The van der Waals surface area contributed by atoms with E-state index in [0.717, 1.165) is 12.8 Å². The van der Waals surface area contributed by atoms with Crippen LogP contribution in [0.1, 0.15) is 12.8 Å². The van der Waals surface area contributed by atoms with Crippen molar-refractivity contribution in [1.82, 2.24) is 0 Å². The normalized spacial score (nSPS) is 37.2. The van der Waals surface area contributed by atoms with Gasteiger partial charge in [-0.3, -0.25) is 4.79 Å². The Morgan fingerprint density at radius 3 is 2.83 bits per heavy atom. The first-order chi connectivity index (χ1) is 5.81. The number of rotatable bonds is 3. The third-order valence-corrected chi connectivity index (χ3v) is 2.40. The quantitative estimate of drug-likeness (QED) is 0.357. The van der Waals surface area contributed by atoms with Gasteiger partial charge in [-0.2, -0.15) is 0 Å². The maximum atomic E-state index is 11.2. The molecule has 0 radical (unpaired) electrons. The van der Waals surface area contributed by atoms with E-state index in [2.05, 4.69) is 6.58 Å². The van der Waals surface area contributed by atoms with Gasteiger partial charge in [0.25, 0.3) is 0 Å². The highest BCUT2D eigenvalue weighted by molar-refractivity contribution is 5.73. The van der Waals surface area contributed by atoms with Gasteiger partial charge in [-0.05, 0) is 12.8 Å². The summed E-state index contributed by atoms with van der Waals surface area (Å²) < 4.78 is 10.1. The largest absolute Gasteiger partial charge is 0.461 e. The molecule has 0 aromatic carbocycles. The Morgan fingerprint density at radius 1 is 1.58 bits per heavy atom. The summed E-state index contributed by atoms with van der Waals surface area (Å²) in [6.07, 6.45) is 3.99. The predicted molar refractivity (Wildman–Crippen MR) is 42.5 cm³/mol. The summed E-state index contributed by atoms with van der Waals surface area (Å²) in [6.45, 7) is 3.81. The fourth-order valence-corrected chi connectivity index (χ4v) is 1.70. The summed E-state index contributed by atoms with van der Waals surface area (Å²) >= 11 is 0. The van der Waals surface area contributed by atoms with Crippen LogP contribution in [0.25, 0.3) is 0 Å². The van der Waals surface area contributed by atoms with Gasteiger partial charge in [0.15, 0.2) is 0 Å². The summed E-state index contributed by atoms with van der Waals surface area (Å²) in [5, 5.41) is 0. The van der Waals surface area contributed by atoms with E-state index in [9.17, 15) is 4.79 Å². The molecule has 2 unspecified atom stereocenters. The predicted octanol–water partition coefficient (Wildman–Crippen LogP) is 0.893. The van der Waals surface area contributed by atoms with E-state index in [1.54, 1.807) is 6.08 Å². The molecule has 0 amide bonds. The number of hydrogen-bond acceptors (Lipinski definition) is 3. The van der Waals surface area contributed by atoms with Gasteiger partial charge in [0.05, 0.1) is 18.1 Å². The number of fused-ring (bicyclic) bond motifs is 1. The highest BCUT2D eigenvalue weighted by Crippen LogP contribution is 2.42. The monoisotopic (exact) mass is 168 g/mol. The van der Waals surface area contributed by atoms with E-state index in [-0.39, 0.29) is 11.9 Å². The average molecular weight is 168 g/mol. The molecule has 3 heteroatoms. The zero-order valence-electron chi connectivity index (χ0n) is 6.86. The Hall–Kier alpha value is -0.830. The van der Waals surface area contributed by atoms with E-state index in [1.165, 1.54) is 0 Å². The molecule has 0 N–H and O–H groups in total. The van der Waals surface area contributed by atoms with Gasteiger partial charge in [0.2, 0.25) is 0 Å². The third-order valence-electron chi connectivity index (χ3n) is 2.40. The molecule has 2 fully saturated rings. The van der Waals surface area contributed by atoms with Crippen molar-refractivity contribution in [2.75, 3.05) is 6.61 Å². The molecule has 0 aromatic heterocycles. The fraction of sp³-hybridized carbons (Fsp3) is 0.667. The van der Waals surface area contributed by atoms with Crippen molar-refractivity contribution in [1.29, 1.82) is 0 Å². The van der Waals surface area contributed by atoms with Gasteiger partial charge in [-0.1, -0.05) is 12.7 Å². The molecule has 2 rings (SSSR count). The number of hydrogen-bond donors (Lipinski definition) is 0. The van der Waals surface area contributed by atoms with Crippen molar-refractivity contribution >= 4 is 5.97 Å².